The molecule has 0 aromatic heterocycles. The zero-order valence-electron chi connectivity index (χ0n) is 12.0. The molecule has 2 aromatic carbocycles. The standard InChI is InChI=1S/C14H13N3O4S2/c1-17(12-4-2-3-11(9-12)10-15)23(20,21)14-7-5-13(6-8-14)22(16,18)19/h2-9H,1H3,(H2,16,18,19). The van der Waals surface area contributed by atoms with Crippen molar-refractivity contribution in [2.24, 2.45) is 5.14 Å². The quantitative estimate of drug-likeness (QED) is 0.881. The van der Waals surface area contributed by atoms with Gasteiger partial charge in [0.25, 0.3) is 10.0 Å². The molecule has 0 fully saturated rings. The number of nitriles is 1. The number of benzene rings is 2. The second kappa shape index (κ2) is 6.00. The van der Waals surface area contributed by atoms with E-state index in [1.807, 2.05) is 6.07 Å². The van der Waals surface area contributed by atoms with E-state index in [0.29, 0.717) is 11.3 Å². The van der Waals surface area contributed by atoms with Crippen LogP contribution in [0, 0.1) is 11.3 Å². The molecule has 0 aliphatic carbocycles. The van der Waals surface area contributed by atoms with E-state index in [2.05, 4.69) is 0 Å². The van der Waals surface area contributed by atoms with Crippen LogP contribution in [-0.2, 0) is 20.0 Å². The van der Waals surface area contributed by atoms with Crippen LogP contribution in [-0.4, -0.2) is 23.9 Å². The molecule has 0 saturated heterocycles. The van der Waals surface area contributed by atoms with Gasteiger partial charge in [-0.2, -0.15) is 5.26 Å². The highest BCUT2D eigenvalue weighted by Crippen LogP contribution is 2.23. The van der Waals surface area contributed by atoms with Gasteiger partial charge in [0, 0.05) is 7.05 Å². The zero-order valence-corrected chi connectivity index (χ0v) is 13.7. The first-order valence-corrected chi connectivity index (χ1v) is 9.27. The third-order valence-electron chi connectivity index (χ3n) is 3.15. The Hall–Kier alpha value is -2.41. The van der Waals surface area contributed by atoms with Crippen molar-refractivity contribution in [3.8, 4) is 6.07 Å². The predicted octanol–water partition coefficient (Wildman–Crippen LogP) is 1.03. The summed E-state index contributed by atoms with van der Waals surface area (Å²) < 4.78 is 48.5. The van der Waals surface area contributed by atoms with Crippen LogP contribution in [0.3, 0.4) is 0 Å². The number of rotatable bonds is 4. The van der Waals surface area contributed by atoms with Crippen LogP contribution in [0.25, 0.3) is 0 Å². The van der Waals surface area contributed by atoms with Crippen molar-refractivity contribution in [1.82, 2.24) is 0 Å². The Morgan fingerprint density at radius 1 is 1.00 bits per heavy atom. The number of hydrogen-bond donors (Lipinski definition) is 1. The lowest BCUT2D eigenvalue weighted by Crippen LogP contribution is -2.26. The lowest BCUT2D eigenvalue weighted by Gasteiger charge is -2.19. The summed E-state index contributed by atoms with van der Waals surface area (Å²) in [4.78, 5) is -0.264. The minimum atomic E-state index is -3.89. The van der Waals surface area contributed by atoms with E-state index in [1.165, 1.54) is 25.2 Å². The highest BCUT2D eigenvalue weighted by molar-refractivity contribution is 7.92. The van der Waals surface area contributed by atoms with Crippen molar-refractivity contribution in [3.05, 3.63) is 54.1 Å². The SMILES string of the molecule is CN(c1cccc(C#N)c1)S(=O)(=O)c1ccc(S(N)(=O)=O)cc1. The monoisotopic (exact) mass is 351 g/mol. The van der Waals surface area contributed by atoms with Gasteiger partial charge in [-0.05, 0) is 42.5 Å². The van der Waals surface area contributed by atoms with Gasteiger partial charge < -0.3 is 0 Å². The summed E-state index contributed by atoms with van der Waals surface area (Å²) in [5.41, 5.74) is 0.647. The number of primary sulfonamides is 1. The van der Waals surface area contributed by atoms with E-state index in [0.717, 1.165) is 16.4 Å². The molecule has 0 heterocycles. The molecule has 2 aromatic rings. The average Bonchev–Trinajstić information content (AvgIpc) is 2.53. The first-order valence-electron chi connectivity index (χ1n) is 6.28. The van der Waals surface area contributed by atoms with Gasteiger partial charge in [0.1, 0.15) is 0 Å². The highest BCUT2D eigenvalue weighted by atomic mass is 32.2. The number of nitrogens with two attached hydrogens (primary N) is 1. The van der Waals surface area contributed by atoms with Crippen LogP contribution < -0.4 is 9.44 Å². The Morgan fingerprint density at radius 2 is 1.57 bits per heavy atom. The second-order valence-corrected chi connectivity index (χ2v) is 8.18. The van der Waals surface area contributed by atoms with Crippen molar-refractivity contribution >= 4 is 25.7 Å². The number of anilines is 1. The van der Waals surface area contributed by atoms with Crippen LogP contribution in [0.4, 0.5) is 5.69 Å². The van der Waals surface area contributed by atoms with E-state index in [9.17, 15) is 16.8 Å². The zero-order chi connectivity index (χ0) is 17.3. The molecule has 0 aliphatic heterocycles. The minimum Gasteiger partial charge on any atom is -0.269 e. The maximum atomic E-state index is 12.6. The predicted molar refractivity (Wildman–Crippen MR) is 84.6 cm³/mol. The largest absolute Gasteiger partial charge is 0.269 e. The molecular formula is C14H13N3O4S2. The molecule has 7 nitrogen and oxygen atoms in total. The molecular weight excluding hydrogens is 338 g/mol. The summed E-state index contributed by atoms with van der Waals surface area (Å²) in [6.07, 6.45) is 0. The van der Waals surface area contributed by atoms with E-state index in [4.69, 9.17) is 10.4 Å². The maximum absolute atomic E-state index is 12.6. The van der Waals surface area contributed by atoms with Crippen LogP contribution in [0.1, 0.15) is 5.56 Å². The Bertz CT molecular complexity index is 975. The van der Waals surface area contributed by atoms with Crippen molar-refractivity contribution in [2.45, 2.75) is 9.79 Å². The maximum Gasteiger partial charge on any atom is 0.264 e. The molecule has 2 N–H and O–H groups in total. The normalized spacial score (nSPS) is 11.7. The van der Waals surface area contributed by atoms with Gasteiger partial charge in [-0.15, -0.1) is 0 Å². The topological polar surface area (TPSA) is 121 Å². The summed E-state index contributed by atoms with van der Waals surface area (Å²) in [6.45, 7) is 0. The first-order chi connectivity index (χ1) is 10.7. The minimum absolute atomic E-state index is 0.0882. The summed E-state index contributed by atoms with van der Waals surface area (Å²) >= 11 is 0. The van der Waals surface area contributed by atoms with Gasteiger partial charge in [0.2, 0.25) is 10.0 Å². The third-order valence-corrected chi connectivity index (χ3v) is 5.88. The molecule has 0 spiro atoms. The van der Waals surface area contributed by atoms with Gasteiger partial charge in [-0.1, -0.05) is 6.07 Å². The highest BCUT2D eigenvalue weighted by Gasteiger charge is 2.22. The Morgan fingerprint density at radius 3 is 2.09 bits per heavy atom. The molecule has 0 unspecified atom stereocenters. The number of hydrogen-bond acceptors (Lipinski definition) is 5. The molecule has 9 heteroatoms. The van der Waals surface area contributed by atoms with E-state index in [-0.39, 0.29) is 9.79 Å². The summed E-state index contributed by atoms with van der Waals surface area (Å²) in [5, 5.41) is 13.9. The molecule has 0 amide bonds. The fourth-order valence-electron chi connectivity index (χ4n) is 1.87. The number of sulfonamides is 2. The molecule has 2 rings (SSSR count). The lowest BCUT2D eigenvalue weighted by molar-refractivity contribution is 0.592. The van der Waals surface area contributed by atoms with Crippen LogP contribution in [0.15, 0.2) is 58.3 Å². The molecule has 120 valence electrons. The van der Waals surface area contributed by atoms with Crippen LogP contribution >= 0.6 is 0 Å². The Kier molecular flexibility index (Phi) is 4.42. The molecule has 0 radical (unpaired) electrons. The average molecular weight is 351 g/mol. The van der Waals surface area contributed by atoms with Crippen LogP contribution in [0.2, 0.25) is 0 Å². The van der Waals surface area contributed by atoms with Gasteiger partial charge in [-0.3, -0.25) is 4.31 Å². The molecule has 0 atom stereocenters. The lowest BCUT2D eigenvalue weighted by atomic mass is 10.2. The van der Waals surface area contributed by atoms with Gasteiger partial charge >= 0.3 is 0 Å². The van der Waals surface area contributed by atoms with E-state index < -0.39 is 20.0 Å². The summed E-state index contributed by atoms with van der Waals surface area (Å²) in [5.74, 6) is 0. The van der Waals surface area contributed by atoms with Crippen LogP contribution in [0.5, 0.6) is 0 Å². The molecule has 0 bridgehead atoms. The molecule has 23 heavy (non-hydrogen) atoms. The fourth-order valence-corrected chi connectivity index (χ4v) is 3.57. The van der Waals surface area contributed by atoms with Gasteiger partial charge in [0.15, 0.2) is 0 Å². The van der Waals surface area contributed by atoms with Crippen molar-refractivity contribution < 1.29 is 16.8 Å². The molecule has 0 saturated carbocycles. The van der Waals surface area contributed by atoms with E-state index >= 15 is 0 Å². The Labute approximate surface area is 134 Å². The third kappa shape index (κ3) is 3.50. The van der Waals surface area contributed by atoms with Crippen molar-refractivity contribution in [2.75, 3.05) is 11.4 Å². The van der Waals surface area contributed by atoms with E-state index in [1.54, 1.807) is 18.2 Å². The Balaban J connectivity index is 2.43. The van der Waals surface area contributed by atoms with Crippen molar-refractivity contribution in [3.63, 3.8) is 0 Å². The second-order valence-electron chi connectivity index (χ2n) is 4.65. The summed E-state index contributed by atoms with van der Waals surface area (Å²) in [6, 6.07) is 12.6. The summed E-state index contributed by atoms with van der Waals surface area (Å²) in [7, 11) is -6.44. The van der Waals surface area contributed by atoms with Gasteiger partial charge in [0.05, 0.1) is 27.1 Å². The number of nitrogens with zero attached hydrogens (tertiary/aromatic N) is 2. The van der Waals surface area contributed by atoms with Gasteiger partial charge in [-0.25, -0.2) is 22.0 Å². The smallest absolute Gasteiger partial charge is 0.264 e. The van der Waals surface area contributed by atoms with Crippen molar-refractivity contribution in [1.29, 1.82) is 5.26 Å². The fraction of sp³-hybridized carbons (Fsp3) is 0.0714. The first kappa shape index (κ1) is 17.0. The molecule has 0 aliphatic rings.